The molecule has 1 aliphatic rings. The van der Waals surface area contributed by atoms with Crippen LogP contribution in [0.4, 0.5) is 0 Å². The van der Waals surface area contributed by atoms with Gasteiger partial charge < -0.3 is 10.4 Å². The fourth-order valence-electron chi connectivity index (χ4n) is 2.81. The Bertz CT molecular complexity index is 525. The third kappa shape index (κ3) is 4.59. The van der Waals surface area contributed by atoms with Gasteiger partial charge in [-0.1, -0.05) is 6.07 Å². The smallest absolute Gasteiger partial charge is 0.303 e. The van der Waals surface area contributed by atoms with Crippen molar-refractivity contribution < 1.29 is 14.7 Å². The van der Waals surface area contributed by atoms with Crippen LogP contribution < -0.4 is 5.32 Å². The molecular weight excluding hydrogens is 266 g/mol. The number of carboxylic acids is 1. The van der Waals surface area contributed by atoms with E-state index < -0.39 is 5.97 Å². The number of hydrogen-bond acceptors (Lipinski definition) is 2. The summed E-state index contributed by atoms with van der Waals surface area (Å²) in [5, 5.41) is 11.6. The molecule has 1 unspecified atom stereocenters. The van der Waals surface area contributed by atoms with Crippen molar-refractivity contribution in [3.05, 3.63) is 34.9 Å². The number of aliphatic carboxylic acids is 1. The molecule has 0 aliphatic heterocycles. The van der Waals surface area contributed by atoms with E-state index >= 15 is 0 Å². The minimum Gasteiger partial charge on any atom is -0.481 e. The summed E-state index contributed by atoms with van der Waals surface area (Å²) in [4.78, 5) is 22.7. The Kier molecular flexibility index (Phi) is 5.37. The van der Waals surface area contributed by atoms with Gasteiger partial charge in [0.25, 0.3) is 5.91 Å². The second kappa shape index (κ2) is 7.25. The maximum absolute atomic E-state index is 12.2. The quantitative estimate of drug-likeness (QED) is 0.846. The van der Waals surface area contributed by atoms with Gasteiger partial charge in [-0.2, -0.15) is 0 Å². The van der Waals surface area contributed by atoms with Crippen molar-refractivity contribution in [2.45, 2.75) is 57.9 Å². The lowest BCUT2D eigenvalue weighted by molar-refractivity contribution is -0.137. The summed E-state index contributed by atoms with van der Waals surface area (Å²) in [6.07, 6.45) is 6.03. The number of carboxylic acid groups (broad SMARTS) is 1. The normalized spacial score (nSPS) is 15.1. The predicted octanol–water partition coefficient (Wildman–Crippen LogP) is 2.94. The standard InChI is InChI=1S/C17H23NO3/c1-12(5-4-8-16(19)20)18-17(21)15-10-9-13-6-2-3-7-14(13)11-15/h9-12H,2-8H2,1H3,(H,18,21)(H,19,20). The highest BCUT2D eigenvalue weighted by molar-refractivity contribution is 5.94. The fraction of sp³-hybridized carbons (Fsp3) is 0.529. The van der Waals surface area contributed by atoms with Crippen LogP contribution in [0.25, 0.3) is 0 Å². The number of benzene rings is 1. The molecule has 0 radical (unpaired) electrons. The van der Waals surface area contributed by atoms with Gasteiger partial charge in [-0.25, -0.2) is 0 Å². The van der Waals surface area contributed by atoms with Gasteiger partial charge in [0.05, 0.1) is 0 Å². The molecule has 1 aromatic carbocycles. The number of nitrogens with one attached hydrogen (secondary N) is 1. The van der Waals surface area contributed by atoms with Gasteiger partial charge in [-0.3, -0.25) is 9.59 Å². The topological polar surface area (TPSA) is 66.4 Å². The van der Waals surface area contributed by atoms with Crippen LogP contribution in [0.3, 0.4) is 0 Å². The zero-order valence-electron chi connectivity index (χ0n) is 12.5. The molecule has 114 valence electrons. The third-order valence-electron chi connectivity index (χ3n) is 4.02. The molecule has 4 nitrogen and oxygen atoms in total. The van der Waals surface area contributed by atoms with Gasteiger partial charge in [-0.05, 0) is 68.7 Å². The van der Waals surface area contributed by atoms with Gasteiger partial charge in [-0.15, -0.1) is 0 Å². The highest BCUT2D eigenvalue weighted by atomic mass is 16.4. The van der Waals surface area contributed by atoms with E-state index in [1.807, 2.05) is 19.1 Å². The number of carbonyl (C=O) groups is 2. The van der Waals surface area contributed by atoms with Gasteiger partial charge >= 0.3 is 5.97 Å². The molecule has 1 amide bonds. The van der Waals surface area contributed by atoms with Crippen LogP contribution in [-0.2, 0) is 17.6 Å². The Labute approximate surface area is 125 Å². The van der Waals surface area contributed by atoms with Crippen LogP contribution in [0.15, 0.2) is 18.2 Å². The van der Waals surface area contributed by atoms with Crippen molar-refractivity contribution in [2.24, 2.45) is 0 Å². The molecule has 0 heterocycles. The van der Waals surface area contributed by atoms with Crippen LogP contribution in [0.5, 0.6) is 0 Å². The summed E-state index contributed by atoms with van der Waals surface area (Å²) in [6, 6.07) is 5.96. The predicted molar refractivity (Wildman–Crippen MR) is 81.5 cm³/mol. The van der Waals surface area contributed by atoms with Gasteiger partial charge in [0.2, 0.25) is 0 Å². The summed E-state index contributed by atoms with van der Waals surface area (Å²) in [6.45, 7) is 1.91. The van der Waals surface area contributed by atoms with Crippen LogP contribution in [0.1, 0.15) is 60.5 Å². The number of hydrogen-bond donors (Lipinski definition) is 2. The van der Waals surface area contributed by atoms with Gasteiger partial charge in [0.15, 0.2) is 0 Å². The Hall–Kier alpha value is -1.84. The first-order valence-electron chi connectivity index (χ1n) is 7.70. The maximum atomic E-state index is 12.2. The van der Waals surface area contributed by atoms with E-state index in [-0.39, 0.29) is 18.4 Å². The third-order valence-corrected chi connectivity index (χ3v) is 4.02. The molecule has 0 spiro atoms. The number of rotatable bonds is 6. The Morgan fingerprint density at radius 3 is 2.67 bits per heavy atom. The van der Waals surface area contributed by atoms with E-state index in [0.29, 0.717) is 18.4 Å². The molecule has 0 saturated carbocycles. The summed E-state index contributed by atoms with van der Waals surface area (Å²) in [5.41, 5.74) is 3.38. The molecule has 1 aromatic rings. The summed E-state index contributed by atoms with van der Waals surface area (Å²) < 4.78 is 0. The van der Waals surface area contributed by atoms with E-state index in [0.717, 1.165) is 12.8 Å². The Morgan fingerprint density at radius 2 is 1.95 bits per heavy atom. The highest BCUT2D eigenvalue weighted by Crippen LogP contribution is 2.22. The molecule has 1 atom stereocenters. The molecule has 2 rings (SSSR count). The molecular formula is C17H23NO3. The molecule has 4 heteroatoms. The van der Waals surface area contributed by atoms with Crippen molar-refractivity contribution in [2.75, 3.05) is 0 Å². The lowest BCUT2D eigenvalue weighted by Gasteiger charge is -2.18. The molecule has 0 fully saturated rings. The first kappa shape index (κ1) is 15.5. The summed E-state index contributed by atoms with van der Waals surface area (Å²) >= 11 is 0. The van der Waals surface area contributed by atoms with E-state index in [1.54, 1.807) is 0 Å². The zero-order chi connectivity index (χ0) is 15.2. The number of carbonyl (C=O) groups excluding carboxylic acids is 1. The van der Waals surface area contributed by atoms with Crippen molar-refractivity contribution in [3.63, 3.8) is 0 Å². The van der Waals surface area contributed by atoms with Gasteiger partial charge in [0, 0.05) is 18.0 Å². The molecule has 0 bridgehead atoms. The van der Waals surface area contributed by atoms with Crippen LogP contribution in [-0.4, -0.2) is 23.0 Å². The molecule has 0 aromatic heterocycles. The highest BCUT2D eigenvalue weighted by Gasteiger charge is 2.14. The van der Waals surface area contributed by atoms with Crippen molar-refractivity contribution >= 4 is 11.9 Å². The van der Waals surface area contributed by atoms with Crippen molar-refractivity contribution in [1.82, 2.24) is 5.32 Å². The minimum absolute atomic E-state index is 0.00659. The van der Waals surface area contributed by atoms with Gasteiger partial charge in [0.1, 0.15) is 0 Å². The molecule has 0 saturated heterocycles. The number of fused-ring (bicyclic) bond motifs is 1. The van der Waals surface area contributed by atoms with Crippen LogP contribution >= 0.6 is 0 Å². The number of aryl methyl sites for hydroxylation is 2. The van der Waals surface area contributed by atoms with Crippen LogP contribution in [0.2, 0.25) is 0 Å². The second-order valence-electron chi connectivity index (χ2n) is 5.85. The van der Waals surface area contributed by atoms with Crippen molar-refractivity contribution in [1.29, 1.82) is 0 Å². The van der Waals surface area contributed by atoms with E-state index in [2.05, 4.69) is 11.4 Å². The average Bonchev–Trinajstić information content (AvgIpc) is 2.46. The Balaban J connectivity index is 1.89. The SMILES string of the molecule is CC(CCCC(=O)O)NC(=O)c1ccc2c(c1)CCCC2. The van der Waals surface area contributed by atoms with E-state index in [1.165, 1.54) is 24.0 Å². The monoisotopic (exact) mass is 289 g/mol. The first-order chi connectivity index (χ1) is 10.1. The Morgan fingerprint density at radius 1 is 1.24 bits per heavy atom. The van der Waals surface area contributed by atoms with E-state index in [9.17, 15) is 9.59 Å². The zero-order valence-corrected chi connectivity index (χ0v) is 12.5. The summed E-state index contributed by atoms with van der Waals surface area (Å²) in [5.74, 6) is -0.852. The first-order valence-corrected chi connectivity index (χ1v) is 7.70. The van der Waals surface area contributed by atoms with Crippen molar-refractivity contribution in [3.8, 4) is 0 Å². The lowest BCUT2D eigenvalue weighted by Crippen LogP contribution is -2.32. The molecule has 21 heavy (non-hydrogen) atoms. The largest absolute Gasteiger partial charge is 0.481 e. The fourth-order valence-corrected chi connectivity index (χ4v) is 2.81. The number of amides is 1. The average molecular weight is 289 g/mol. The molecule has 1 aliphatic carbocycles. The lowest BCUT2D eigenvalue weighted by atomic mass is 9.90. The van der Waals surface area contributed by atoms with Crippen LogP contribution in [0, 0.1) is 0 Å². The minimum atomic E-state index is -0.789. The van der Waals surface area contributed by atoms with E-state index in [4.69, 9.17) is 5.11 Å². The maximum Gasteiger partial charge on any atom is 0.303 e. The molecule has 2 N–H and O–H groups in total. The second-order valence-corrected chi connectivity index (χ2v) is 5.85. The summed E-state index contributed by atoms with van der Waals surface area (Å²) in [7, 11) is 0.